The van der Waals surface area contributed by atoms with Gasteiger partial charge in [0.2, 0.25) is 6.08 Å². The molecule has 1 aromatic heterocycles. The monoisotopic (exact) mass is 226 g/mol. The molecule has 0 unspecified atom stereocenters. The number of rotatable bonds is 2. The fourth-order valence-electron chi connectivity index (χ4n) is 2.85. The van der Waals surface area contributed by atoms with Gasteiger partial charge in [0.15, 0.2) is 0 Å². The molecular weight excluding hydrogens is 212 g/mol. The Kier molecular flexibility index (Phi) is 2.34. The molecule has 3 heteroatoms. The number of hydrogen-bond acceptors (Lipinski definition) is 2. The molecule has 1 heterocycles. The van der Waals surface area contributed by atoms with Gasteiger partial charge in [-0.25, -0.2) is 4.79 Å². The molecule has 0 saturated heterocycles. The normalized spacial score (nSPS) is 18.1. The Labute approximate surface area is 99.6 Å². The second kappa shape index (κ2) is 3.86. The van der Waals surface area contributed by atoms with E-state index in [0.717, 1.165) is 36.8 Å². The van der Waals surface area contributed by atoms with E-state index in [-0.39, 0.29) is 5.54 Å². The van der Waals surface area contributed by atoms with Gasteiger partial charge in [-0.2, -0.15) is 4.99 Å². The number of aromatic amines is 1. The van der Waals surface area contributed by atoms with Gasteiger partial charge in [-0.1, -0.05) is 25.0 Å². The fraction of sp³-hybridized carbons (Fsp3) is 0.357. The Balaban J connectivity index is 2.14. The van der Waals surface area contributed by atoms with Crippen molar-refractivity contribution in [3.8, 4) is 0 Å². The van der Waals surface area contributed by atoms with E-state index in [9.17, 15) is 4.79 Å². The molecule has 1 aromatic carbocycles. The van der Waals surface area contributed by atoms with Gasteiger partial charge >= 0.3 is 0 Å². The average Bonchev–Trinajstić information content (AvgIpc) is 2.96. The van der Waals surface area contributed by atoms with Crippen LogP contribution < -0.4 is 0 Å². The van der Waals surface area contributed by atoms with E-state index in [1.54, 1.807) is 6.08 Å². The predicted molar refractivity (Wildman–Crippen MR) is 66.6 cm³/mol. The molecular formula is C14H14N2O. The smallest absolute Gasteiger partial charge is 0.235 e. The molecule has 0 atom stereocenters. The third-order valence-corrected chi connectivity index (χ3v) is 3.78. The van der Waals surface area contributed by atoms with Gasteiger partial charge in [0.05, 0.1) is 5.54 Å². The van der Waals surface area contributed by atoms with E-state index in [0.29, 0.717) is 0 Å². The van der Waals surface area contributed by atoms with Gasteiger partial charge in [-0.05, 0) is 35.9 Å². The highest BCUT2D eigenvalue weighted by Crippen LogP contribution is 2.42. The second-order valence-electron chi connectivity index (χ2n) is 4.72. The van der Waals surface area contributed by atoms with Crippen molar-refractivity contribution in [1.29, 1.82) is 0 Å². The zero-order valence-corrected chi connectivity index (χ0v) is 9.57. The summed E-state index contributed by atoms with van der Waals surface area (Å²) in [5, 5.41) is 1.19. The quantitative estimate of drug-likeness (QED) is 0.620. The average molecular weight is 226 g/mol. The van der Waals surface area contributed by atoms with Crippen LogP contribution in [0.25, 0.3) is 10.9 Å². The molecule has 0 amide bonds. The molecule has 0 spiro atoms. The summed E-state index contributed by atoms with van der Waals surface area (Å²) in [6, 6.07) is 8.33. The topological polar surface area (TPSA) is 45.2 Å². The van der Waals surface area contributed by atoms with Gasteiger partial charge in [0.25, 0.3) is 0 Å². The van der Waals surface area contributed by atoms with Crippen LogP contribution in [0.2, 0.25) is 0 Å². The number of aliphatic imine (C=N–C) groups is 1. The number of isocyanates is 1. The summed E-state index contributed by atoms with van der Waals surface area (Å²) in [6.07, 6.45) is 7.86. The van der Waals surface area contributed by atoms with Crippen LogP contribution in [0.3, 0.4) is 0 Å². The van der Waals surface area contributed by atoms with Crippen LogP contribution in [0.15, 0.2) is 35.5 Å². The predicted octanol–water partition coefficient (Wildman–Crippen LogP) is 3.27. The lowest BCUT2D eigenvalue weighted by Crippen LogP contribution is -2.18. The van der Waals surface area contributed by atoms with Crippen molar-refractivity contribution in [3.05, 3.63) is 36.0 Å². The molecule has 1 fully saturated rings. The summed E-state index contributed by atoms with van der Waals surface area (Å²) in [4.78, 5) is 18.0. The molecule has 0 bridgehead atoms. The minimum Gasteiger partial charge on any atom is -0.361 e. The van der Waals surface area contributed by atoms with Gasteiger partial charge < -0.3 is 4.98 Å². The summed E-state index contributed by atoms with van der Waals surface area (Å²) >= 11 is 0. The van der Waals surface area contributed by atoms with Gasteiger partial charge in [-0.3, -0.25) is 0 Å². The van der Waals surface area contributed by atoms with Crippen LogP contribution in [-0.2, 0) is 10.3 Å². The van der Waals surface area contributed by atoms with Crippen LogP contribution in [0.5, 0.6) is 0 Å². The largest absolute Gasteiger partial charge is 0.361 e. The van der Waals surface area contributed by atoms with Crippen LogP contribution in [0.4, 0.5) is 0 Å². The number of nitrogens with one attached hydrogen (secondary N) is 1. The molecule has 86 valence electrons. The molecule has 1 saturated carbocycles. The molecule has 1 aliphatic rings. The highest BCUT2D eigenvalue weighted by molar-refractivity contribution is 5.80. The van der Waals surface area contributed by atoms with Crippen molar-refractivity contribution in [2.75, 3.05) is 0 Å². The molecule has 3 nitrogen and oxygen atoms in total. The maximum Gasteiger partial charge on any atom is 0.235 e. The maximum absolute atomic E-state index is 10.7. The van der Waals surface area contributed by atoms with E-state index in [4.69, 9.17) is 0 Å². The van der Waals surface area contributed by atoms with Crippen LogP contribution in [0.1, 0.15) is 31.2 Å². The first-order valence-electron chi connectivity index (χ1n) is 6.01. The van der Waals surface area contributed by atoms with Crippen LogP contribution >= 0.6 is 0 Å². The number of hydrogen-bond donors (Lipinski definition) is 1. The molecule has 1 N–H and O–H groups in total. The first-order chi connectivity index (χ1) is 8.34. The van der Waals surface area contributed by atoms with Crippen LogP contribution in [-0.4, -0.2) is 11.1 Å². The Bertz CT molecular complexity index is 587. The molecule has 0 radical (unpaired) electrons. The van der Waals surface area contributed by atoms with Gasteiger partial charge in [0, 0.05) is 11.7 Å². The first kappa shape index (κ1) is 10.3. The summed E-state index contributed by atoms with van der Waals surface area (Å²) in [5.41, 5.74) is 1.92. The van der Waals surface area contributed by atoms with Gasteiger partial charge in [-0.15, -0.1) is 0 Å². The number of carbonyl (C=O) groups excluding carboxylic acids is 1. The Morgan fingerprint density at radius 3 is 2.82 bits per heavy atom. The number of nitrogens with zero attached hydrogens (tertiary/aromatic N) is 1. The lowest BCUT2D eigenvalue weighted by molar-refractivity contribution is 0.456. The summed E-state index contributed by atoms with van der Waals surface area (Å²) in [5.74, 6) is 0. The maximum atomic E-state index is 10.7. The number of aromatic nitrogens is 1. The standard InChI is InChI=1S/C14H14N2O/c17-10-16-14(6-1-2-7-14)12-4-3-11-5-8-15-13(11)9-12/h3-5,8-9,15H,1-2,6-7H2. The van der Waals surface area contributed by atoms with Gasteiger partial charge in [0.1, 0.15) is 0 Å². The van der Waals surface area contributed by atoms with E-state index in [2.05, 4.69) is 28.2 Å². The zero-order chi connectivity index (χ0) is 11.7. The third kappa shape index (κ3) is 1.60. The Morgan fingerprint density at radius 1 is 1.24 bits per heavy atom. The van der Waals surface area contributed by atoms with E-state index >= 15 is 0 Å². The number of H-pyrrole nitrogens is 1. The number of benzene rings is 1. The van der Waals surface area contributed by atoms with E-state index < -0.39 is 0 Å². The number of fused-ring (bicyclic) bond motifs is 1. The van der Waals surface area contributed by atoms with Crippen molar-refractivity contribution in [3.63, 3.8) is 0 Å². The van der Waals surface area contributed by atoms with E-state index in [1.165, 1.54) is 5.39 Å². The lowest BCUT2D eigenvalue weighted by Gasteiger charge is -2.22. The molecule has 1 aliphatic carbocycles. The lowest BCUT2D eigenvalue weighted by atomic mass is 9.88. The van der Waals surface area contributed by atoms with Crippen molar-refractivity contribution >= 4 is 17.0 Å². The van der Waals surface area contributed by atoms with Crippen molar-refractivity contribution < 1.29 is 4.79 Å². The molecule has 0 aliphatic heterocycles. The van der Waals surface area contributed by atoms with Crippen LogP contribution in [0, 0.1) is 0 Å². The molecule has 3 rings (SSSR count). The van der Waals surface area contributed by atoms with Crippen molar-refractivity contribution in [2.24, 2.45) is 4.99 Å². The first-order valence-corrected chi connectivity index (χ1v) is 6.01. The Hall–Kier alpha value is -1.86. The van der Waals surface area contributed by atoms with Crippen molar-refractivity contribution in [2.45, 2.75) is 31.2 Å². The van der Waals surface area contributed by atoms with E-state index in [1.807, 2.05) is 12.3 Å². The molecule has 2 aromatic rings. The summed E-state index contributed by atoms with van der Waals surface area (Å²) in [6.45, 7) is 0. The third-order valence-electron chi connectivity index (χ3n) is 3.78. The highest BCUT2D eigenvalue weighted by atomic mass is 16.1. The fourth-order valence-corrected chi connectivity index (χ4v) is 2.85. The minimum absolute atomic E-state index is 0.318. The SMILES string of the molecule is O=C=NC1(c2ccc3cc[nH]c3c2)CCCC1. The highest BCUT2D eigenvalue weighted by Gasteiger charge is 2.35. The molecule has 17 heavy (non-hydrogen) atoms. The Morgan fingerprint density at radius 2 is 2.06 bits per heavy atom. The summed E-state index contributed by atoms with van der Waals surface area (Å²) in [7, 11) is 0. The zero-order valence-electron chi connectivity index (χ0n) is 9.57. The minimum atomic E-state index is -0.318. The van der Waals surface area contributed by atoms with Crippen molar-refractivity contribution in [1.82, 2.24) is 4.98 Å². The second-order valence-corrected chi connectivity index (χ2v) is 4.72. The summed E-state index contributed by atoms with van der Waals surface area (Å²) < 4.78 is 0.